The molecule has 1 saturated heterocycles. The van der Waals surface area contributed by atoms with Gasteiger partial charge in [-0.1, -0.05) is 6.07 Å². The molecular weight excluding hydrogens is 316 g/mol. The number of pyridine rings is 1. The number of rotatable bonds is 4. The second-order valence-electron chi connectivity index (χ2n) is 6.96. The summed E-state index contributed by atoms with van der Waals surface area (Å²) in [6.07, 6.45) is 7.93. The zero-order valence-corrected chi connectivity index (χ0v) is 14.5. The molecular formula is C18H22N6O. The molecule has 1 fully saturated rings. The number of hydrogen-bond donors (Lipinski definition) is 1. The summed E-state index contributed by atoms with van der Waals surface area (Å²) in [5.41, 5.74) is 9.86. The normalized spacial score (nSPS) is 21.2. The smallest absolute Gasteiger partial charge is 0.222 e. The van der Waals surface area contributed by atoms with Gasteiger partial charge in [-0.05, 0) is 24.1 Å². The van der Waals surface area contributed by atoms with E-state index in [1.807, 2.05) is 29.9 Å². The van der Waals surface area contributed by atoms with Crippen LogP contribution >= 0.6 is 0 Å². The average Bonchev–Trinajstić information content (AvgIpc) is 3.24. The Morgan fingerprint density at radius 3 is 2.84 bits per heavy atom. The van der Waals surface area contributed by atoms with Crippen LogP contribution in [0.3, 0.4) is 0 Å². The molecule has 1 aliphatic rings. The Labute approximate surface area is 146 Å². The van der Waals surface area contributed by atoms with Crippen LogP contribution in [0.2, 0.25) is 0 Å². The van der Waals surface area contributed by atoms with E-state index in [0.717, 1.165) is 23.4 Å². The van der Waals surface area contributed by atoms with Gasteiger partial charge in [-0.15, -0.1) is 0 Å². The van der Waals surface area contributed by atoms with Crippen LogP contribution in [-0.2, 0) is 18.4 Å². The van der Waals surface area contributed by atoms with Crippen LogP contribution in [0.1, 0.15) is 22.7 Å². The molecule has 0 aromatic carbocycles. The van der Waals surface area contributed by atoms with E-state index in [1.54, 1.807) is 4.68 Å². The quantitative estimate of drug-likeness (QED) is 0.772. The van der Waals surface area contributed by atoms with Gasteiger partial charge < -0.3 is 10.1 Å². The van der Waals surface area contributed by atoms with E-state index < -0.39 is 0 Å². The SMILES string of the molecule is Cc1ccc2nc(CN3C[C@H](C(N)=O)[C@@H](c4cnn(C)c4)C3)cn2c1. The van der Waals surface area contributed by atoms with Crippen molar-refractivity contribution >= 4 is 11.6 Å². The lowest BCUT2D eigenvalue weighted by atomic mass is 9.90. The Balaban J connectivity index is 1.55. The topological polar surface area (TPSA) is 81.5 Å². The fourth-order valence-electron chi connectivity index (χ4n) is 3.73. The van der Waals surface area contributed by atoms with E-state index in [1.165, 1.54) is 5.56 Å². The van der Waals surface area contributed by atoms with Gasteiger partial charge in [0.1, 0.15) is 5.65 Å². The molecule has 2 N–H and O–H groups in total. The molecule has 0 aliphatic carbocycles. The number of amides is 1. The highest BCUT2D eigenvalue weighted by Crippen LogP contribution is 2.33. The van der Waals surface area contributed by atoms with E-state index >= 15 is 0 Å². The number of imidazole rings is 1. The minimum absolute atomic E-state index is 0.0884. The van der Waals surface area contributed by atoms with Gasteiger partial charge in [0.2, 0.25) is 5.91 Å². The summed E-state index contributed by atoms with van der Waals surface area (Å²) >= 11 is 0. The maximum Gasteiger partial charge on any atom is 0.222 e. The van der Waals surface area contributed by atoms with E-state index in [2.05, 4.69) is 40.4 Å². The third-order valence-corrected chi connectivity index (χ3v) is 4.95. The fraction of sp³-hybridized carbons (Fsp3) is 0.389. The molecule has 25 heavy (non-hydrogen) atoms. The molecule has 0 spiro atoms. The minimum Gasteiger partial charge on any atom is -0.369 e. The molecule has 4 heterocycles. The largest absolute Gasteiger partial charge is 0.369 e. The Bertz CT molecular complexity index is 927. The number of hydrogen-bond acceptors (Lipinski definition) is 4. The van der Waals surface area contributed by atoms with Gasteiger partial charge in [-0.25, -0.2) is 4.98 Å². The number of aryl methyl sites for hydroxylation is 2. The maximum atomic E-state index is 11.9. The van der Waals surface area contributed by atoms with Gasteiger partial charge in [0.25, 0.3) is 0 Å². The van der Waals surface area contributed by atoms with E-state index in [9.17, 15) is 4.79 Å². The molecule has 3 aromatic rings. The molecule has 0 radical (unpaired) electrons. The van der Waals surface area contributed by atoms with Crippen molar-refractivity contribution in [1.29, 1.82) is 0 Å². The molecule has 7 heteroatoms. The van der Waals surface area contributed by atoms with Crippen molar-refractivity contribution in [2.24, 2.45) is 18.7 Å². The lowest BCUT2D eigenvalue weighted by molar-refractivity contribution is -0.121. The molecule has 0 saturated carbocycles. The number of aromatic nitrogens is 4. The monoisotopic (exact) mass is 338 g/mol. The number of primary amides is 1. The molecule has 3 aromatic heterocycles. The van der Waals surface area contributed by atoms with Crippen molar-refractivity contribution in [2.45, 2.75) is 19.4 Å². The Kier molecular flexibility index (Phi) is 3.80. The van der Waals surface area contributed by atoms with Crippen LogP contribution < -0.4 is 5.73 Å². The first-order valence-electron chi connectivity index (χ1n) is 8.44. The molecule has 7 nitrogen and oxygen atoms in total. The molecule has 0 unspecified atom stereocenters. The number of fused-ring (bicyclic) bond motifs is 1. The van der Waals surface area contributed by atoms with Gasteiger partial charge in [0.15, 0.2) is 0 Å². The highest BCUT2D eigenvalue weighted by Gasteiger charge is 2.38. The highest BCUT2D eigenvalue weighted by molar-refractivity contribution is 5.78. The number of nitrogens with zero attached hydrogens (tertiary/aromatic N) is 5. The zero-order valence-electron chi connectivity index (χ0n) is 14.5. The van der Waals surface area contributed by atoms with Gasteiger partial charge in [0.05, 0.1) is 17.8 Å². The van der Waals surface area contributed by atoms with Crippen molar-refractivity contribution in [3.63, 3.8) is 0 Å². The summed E-state index contributed by atoms with van der Waals surface area (Å²) in [5, 5.41) is 4.23. The minimum atomic E-state index is -0.248. The first-order chi connectivity index (χ1) is 12.0. The van der Waals surface area contributed by atoms with Crippen molar-refractivity contribution in [2.75, 3.05) is 13.1 Å². The summed E-state index contributed by atoms with van der Waals surface area (Å²) in [5.74, 6) is -0.351. The maximum absolute atomic E-state index is 11.9. The number of likely N-dealkylation sites (tertiary alicyclic amines) is 1. The van der Waals surface area contributed by atoms with Crippen LogP contribution in [0.15, 0.2) is 36.9 Å². The first kappa shape index (κ1) is 15.8. The summed E-state index contributed by atoms with van der Waals surface area (Å²) in [7, 11) is 1.88. The first-order valence-corrected chi connectivity index (χ1v) is 8.44. The summed E-state index contributed by atoms with van der Waals surface area (Å²) in [4.78, 5) is 18.8. The molecule has 0 bridgehead atoms. The zero-order chi connectivity index (χ0) is 17.6. The number of carbonyl (C=O) groups is 1. The van der Waals surface area contributed by atoms with Gasteiger partial charge in [-0.2, -0.15) is 5.10 Å². The number of carbonyl (C=O) groups excluding carboxylic acids is 1. The molecule has 1 aliphatic heterocycles. The molecule has 1 amide bonds. The second kappa shape index (κ2) is 6.00. The fourth-order valence-corrected chi connectivity index (χ4v) is 3.73. The van der Waals surface area contributed by atoms with Crippen LogP contribution in [0.25, 0.3) is 5.65 Å². The molecule has 130 valence electrons. The van der Waals surface area contributed by atoms with Crippen LogP contribution in [0.5, 0.6) is 0 Å². The molecule has 2 atom stereocenters. The lowest BCUT2D eigenvalue weighted by Gasteiger charge is -2.13. The predicted octanol–water partition coefficient (Wildman–Crippen LogP) is 1.08. The second-order valence-corrected chi connectivity index (χ2v) is 6.96. The van der Waals surface area contributed by atoms with Crippen molar-refractivity contribution in [3.05, 3.63) is 53.7 Å². The van der Waals surface area contributed by atoms with Crippen LogP contribution in [0.4, 0.5) is 0 Å². The third-order valence-electron chi connectivity index (χ3n) is 4.95. The highest BCUT2D eigenvalue weighted by atomic mass is 16.1. The van der Waals surface area contributed by atoms with E-state index in [4.69, 9.17) is 5.73 Å². The van der Waals surface area contributed by atoms with E-state index in [-0.39, 0.29) is 17.7 Å². The van der Waals surface area contributed by atoms with Crippen molar-refractivity contribution < 1.29 is 4.79 Å². The van der Waals surface area contributed by atoms with Crippen molar-refractivity contribution in [1.82, 2.24) is 24.1 Å². The van der Waals surface area contributed by atoms with Gasteiger partial charge in [0, 0.05) is 51.2 Å². The van der Waals surface area contributed by atoms with E-state index in [0.29, 0.717) is 13.1 Å². The third kappa shape index (κ3) is 3.02. The van der Waals surface area contributed by atoms with Crippen LogP contribution in [0, 0.1) is 12.8 Å². The average molecular weight is 338 g/mol. The Morgan fingerprint density at radius 1 is 1.28 bits per heavy atom. The Morgan fingerprint density at radius 2 is 2.12 bits per heavy atom. The van der Waals surface area contributed by atoms with Crippen LogP contribution in [-0.4, -0.2) is 43.1 Å². The lowest BCUT2D eigenvalue weighted by Crippen LogP contribution is -2.29. The summed E-state index contributed by atoms with van der Waals surface area (Å²) in [6, 6.07) is 4.08. The number of nitrogens with two attached hydrogens (primary N) is 1. The predicted molar refractivity (Wildman–Crippen MR) is 93.8 cm³/mol. The standard InChI is InChI=1S/C18H22N6O/c1-12-3-4-17-21-14(9-24(17)6-12)8-23-10-15(16(11-23)18(19)25)13-5-20-22(2)7-13/h3-7,9,15-16H,8,10-11H2,1-2H3,(H2,19,25)/t15-,16+/m1/s1. The Hall–Kier alpha value is -2.67. The van der Waals surface area contributed by atoms with Gasteiger partial charge in [-0.3, -0.25) is 14.4 Å². The van der Waals surface area contributed by atoms with Crippen molar-refractivity contribution in [3.8, 4) is 0 Å². The summed E-state index contributed by atoms with van der Waals surface area (Å²) < 4.78 is 3.81. The summed E-state index contributed by atoms with van der Waals surface area (Å²) in [6.45, 7) is 4.21. The van der Waals surface area contributed by atoms with Gasteiger partial charge >= 0.3 is 0 Å². The molecule has 4 rings (SSSR count).